The average molecular weight is 295 g/mol. The molecule has 2 aromatic heterocycles. The molecule has 0 aliphatic rings. The molecule has 0 saturated heterocycles. The summed E-state index contributed by atoms with van der Waals surface area (Å²) in [5.41, 5.74) is 6.50. The molecule has 2 aromatic rings. The molecule has 0 saturated carbocycles. The molecule has 2 heterocycles. The fourth-order valence-electron chi connectivity index (χ4n) is 1.40. The van der Waals surface area contributed by atoms with Gasteiger partial charge in [0.1, 0.15) is 12.4 Å². The normalized spacial score (nSPS) is 11.2. The molecule has 20 heavy (non-hydrogen) atoms. The summed E-state index contributed by atoms with van der Waals surface area (Å²) in [7, 11) is 0. The molecule has 0 aliphatic heterocycles. The molecule has 0 unspecified atom stereocenters. The fourth-order valence-corrected chi connectivity index (χ4v) is 2.15. The first-order valence-electron chi connectivity index (χ1n) is 6.20. The van der Waals surface area contributed by atoms with Crippen LogP contribution in [0.25, 0.3) is 0 Å². The van der Waals surface area contributed by atoms with Crippen LogP contribution in [0.3, 0.4) is 0 Å². The van der Waals surface area contributed by atoms with Crippen LogP contribution in [0.15, 0.2) is 15.7 Å². The van der Waals surface area contributed by atoms with Crippen LogP contribution in [-0.2, 0) is 17.1 Å². The number of aromatic nitrogens is 4. The molecular formula is C12H17N5O2S. The number of rotatable bonds is 6. The first-order chi connectivity index (χ1) is 9.52. The minimum atomic E-state index is 0.134. The summed E-state index contributed by atoms with van der Waals surface area (Å²) in [6, 6.07) is 1.72. The third-order valence-corrected chi connectivity index (χ3v) is 3.07. The van der Waals surface area contributed by atoms with Gasteiger partial charge in [-0.05, 0) is 20.8 Å². The van der Waals surface area contributed by atoms with E-state index in [1.165, 1.54) is 11.8 Å². The lowest BCUT2D eigenvalue weighted by atomic mass is 10.4. The lowest BCUT2D eigenvalue weighted by Gasteiger charge is -2.02. The molecule has 0 fully saturated rings. The second kappa shape index (κ2) is 6.67. The van der Waals surface area contributed by atoms with Crippen molar-refractivity contribution < 1.29 is 9.26 Å². The Bertz CT molecular complexity index is 552. The molecule has 0 amide bonds. The van der Waals surface area contributed by atoms with Crippen molar-refractivity contribution in [3.8, 4) is 0 Å². The van der Waals surface area contributed by atoms with Crippen LogP contribution in [-0.4, -0.2) is 26.2 Å². The number of hydrogen-bond acceptors (Lipinski definition) is 8. The number of aryl methyl sites for hydroxylation is 1. The molecule has 0 spiro atoms. The monoisotopic (exact) mass is 295 g/mol. The van der Waals surface area contributed by atoms with Crippen molar-refractivity contribution in [2.24, 2.45) is 0 Å². The van der Waals surface area contributed by atoms with E-state index in [2.05, 4.69) is 20.1 Å². The first-order valence-corrected chi connectivity index (χ1v) is 7.18. The van der Waals surface area contributed by atoms with Gasteiger partial charge in [-0.25, -0.2) is 9.97 Å². The minimum absolute atomic E-state index is 0.134. The van der Waals surface area contributed by atoms with E-state index < -0.39 is 0 Å². The van der Waals surface area contributed by atoms with Crippen LogP contribution in [0.5, 0.6) is 0 Å². The van der Waals surface area contributed by atoms with Gasteiger partial charge in [-0.3, -0.25) is 0 Å². The summed E-state index contributed by atoms with van der Waals surface area (Å²) in [5, 5.41) is 4.44. The third-order valence-electron chi connectivity index (χ3n) is 2.23. The van der Waals surface area contributed by atoms with E-state index in [4.69, 9.17) is 15.0 Å². The smallest absolute Gasteiger partial charge is 0.237 e. The number of hydrogen-bond donors (Lipinski definition) is 1. The zero-order valence-corrected chi connectivity index (χ0v) is 12.5. The highest BCUT2D eigenvalue weighted by molar-refractivity contribution is 7.98. The van der Waals surface area contributed by atoms with Crippen LogP contribution in [0.4, 0.5) is 5.82 Å². The number of nitrogen functional groups attached to an aromatic ring is 1. The number of thioether (sulfide) groups is 1. The van der Waals surface area contributed by atoms with Gasteiger partial charge in [-0.2, -0.15) is 4.98 Å². The van der Waals surface area contributed by atoms with E-state index in [9.17, 15) is 0 Å². The maximum absolute atomic E-state index is 5.67. The summed E-state index contributed by atoms with van der Waals surface area (Å²) in [6.45, 7) is 6.13. The Balaban J connectivity index is 1.90. The van der Waals surface area contributed by atoms with Gasteiger partial charge < -0.3 is 15.0 Å². The molecule has 0 radical (unpaired) electrons. The summed E-state index contributed by atoms with van der Waals surface area (Å²) in [4.78, 5) is 12.6. The Labute approximate surface area is 121 Å². The van der Waals surface area contributed by atoms with Gasteiger partial charge >= 0.3 is 0 Å². The first kappa shape index (κ1) is 14.7. The van der Waals surface area contributed by atoms with Crippen molar-refractivity contribution in [2.45, 2.75) is 44.4 Å². The van der Waals surface area contributed by atoms with Gasteiger partial charge in [0.25, 0.3) is 0 Å². The molecule has 108 valence electrons. The summed E-state index contributed by atoms with van der Waals surface area (Å²) in [6.07, 6.45) is 0.134. The van der Waals surface area contributed by atoms with Crippen molar-refractivity contribution in [1.82, 2.24) is 20.1 Å². The maximum atomic E-state index is 5.67. The Morgan fingerprint density at radius 3 is 2.85 bits per heavy atom. The number of nitrogens with zero attached hydrogens (tertiary/aromatic N) is 4. The number of nitrogens with two attached hydrogens (primary N) is 1. The average Bonchev–Trinajstić information content (AvgIpc) is 2.81. The highest BCUT2D eigenvalue weighted by Gasteiger charge is 2.09. The lowest BCUT2D eigenvalue weighted by Crippen LogP contribution is -2.03. The third kappa shape index (κ3) is 4.46. The molecule has 7 nitrogen and oxygen atoms in total. The van der Waals surface area contributed by atoms with Crippen molar-refractivity contribution in [2.75, 3.05) is 5.73 Å². The lowest BCUT2D eigenvalue weighted by molar-refractivity contribution is 0.0601. The van der Waals surface area contributed by atoms with Crippen molar-refractivity contribution in [3.05, 3.63) is 23.5 Å². The zero-order chi connectivity index (χ0) is 14.5. The Kier molecular flexibility index (Phi) is 4.91. The van der Waals surface area contributed by atoms with Crippen LogP contribution in [0, 0.1) is 6.92 Å². The van der Waals surface area contributed by atoms with E-state index in [0.29, 0.717) is 35.0 Å². The molecular weight excluding hydrogens is 278 g/mol. The second-order valence-electron chi connectivity index (χ2n) is 4.47. The summed E-state index contributed by atoms with van der Waals surface area (Å²) < 4.78 is 10.5. The topological polar surface area (TPSA) is 100.0 Å². The van der Waals surface area contributed by atoms with Crippen LogP contribution in [0.1, 0.15) is 31.3 Å². The highest BCUT2D eigenvalue weighted by Crippen LogP contribution is 2.19. The highest BCUT2D eigenvalue weighted by atomic mass is 32.2. The summed E-state index contributed by atoms with van der Waals surface area (Å²) >= 11 is 1.40. The van der Waals surface area contributed by atoms with E-state index in [1.807, 2.05) is 20.8 Å². The van der Waals surface area contributed by atoms with Gasteiger partial charge in [0.15, 0.2) is 11.0 Å². The Morgan fingerprint density at radius 1 is 1.35 bits per heavy atom. The van der Waals surface area contributed by atoms with E-state index in [0.717, 1.165) is 5.69 Å². The maximum Gasteiger partial charge on any atom is 0.237 e. The van der Waals surface area contributed by atoms with Gasteiger partial charge in [0.05, 0.1) is 11.9 Å². The molecule has 0 atom stereocenters. The van der Waals surface area contributed by atoms with Crippen LogP contribution >= 0.6 is 11.8 Å². The van der Waals surface area contributed by atoms with Crippen molar-refractivity contribution in [1.29, 1.82) is 0 Å². The predicted octanol–water partition coefficient (Wildman–Crippen LogP) is 1.97. The Morgan fingerprint density at radius 2 is 2.15 bits per heavy atom. The quantitative estimate of drug-likeness (QED) is 0.637. The zero-order valence-electron chi connectivity index (χ0n) is 11.7. The van der Waals surface area contributed by atoms with Crippen molar-refractivity contribution >= 4 is 17.6 Å². The minimum Gasteiger partial charge on any atom is -0.384 e. The van der Waals surface area contributed by atoms with E-state index in [1.54, 1.807) is 6.07 Å². The van der Waals surface area contributed by atoms with Crippen LogP contribution in [0.2, 0.25) is 0 Å². The number of anilines is 1. The largest absolute Gasteiger partial charge is 0.384 e. The SMILES string of the molecule is Cc1cc(N)nc(SCc2nc(COC(C)C)no2)n1. The second-order valence-corrected chi connectivity index (χ2v) is 5.41. The standard InChI is InChI=1S/C12H17N5O2S/c1-7(2)18-5-10-16-11(19-17-10)6-20-12-14-8(3)4-9(13)15-12/h4,7H,5-6H2,1-3H3,(H2,13,14,15). The van der Waals surface area contributed by atoms with Crippen LogP contribution < -0.4 is 5.73 Å². The van der Waals surface area contributed by atoms with E-state index in [-0.39, 0.29) is 6.10 Å². The molecule has 0 aliphatic carbocycles. The predicted molar refractivity (Wildman–Crippen MR) is 75.0 cm³/mol. The van der Waals surface area contributed by atoms with E-state index >= 15 is 0 Å². The summed E-state index contributed by atoms with van der Waals surface area (Å²) in [5.74, 6) is 2.01. The van der Waals surface area contributed by atoms with Gasteiger partial charge in [-0.1, -0.05) is 16.9 Å². The Hall–Kier alpha value is -1.67. The molecule has 8 heteroatoms. The van der Waals surface area contributed by atoms with Gasteiger partial charge in [0.2, 0.25) is 5.89 Å². The molecule has 0 aromatic carbocycles. The fraction of sp³-hybridized carbons (Fsp3) is 0.500. The number of ether oxygens (including phenoxy) is 1. The molecule has 2 N–H and O–H groups in total. The van der Waals surface area contributed by atoms with Gasteiger partial charge in [0, 0.05) is 11.8 Å². The van der Waals surface area contributed by atoms with Crippen molar-refractivity contribution in [3.63, 3.8) is 0 Å². The molecule has 0 bridgehead atoms. The van der Waals surface area contributed by atoms with Gasteiger partial charge in [-0.15, -0.1) is 0 Å². The molecule has 2 rings (SSSR count).